The number of urea groups is 1. The number of fused-ring (bicyclic) bond motifs is 3. The van der Waals surface area contributed by atoms with Crippen molar-refractivity contribution < 1.29 is 14.7 Å². The first-order valence-corrected chi connectivity index (χ1v) is 14.3. The first-order valence-electron chi connectivity index (χ1n) is 14.3. The van der Waals surface area contributed by atoms with Crippen molar-refractivity contribution in [1.29, 1.82) is 0 Å². The third kappa shape index (κ3) is 4.37. The lowest BCUT2D eigenvalue weighted by Gasteiger charge is -2.61. The van der Waals surface area contributed by atoms with Crippen LogP contribution in [0.25, 0.3) is 11.3 Å². The van der Waals surface area contributed by atoms with Gasteiger partial charge in [-0.1, -0.05) is 36.4 Å². The molecule has 7 heteroatoms. The number of nitrogens with zero attached hydrogens (tertiary/aromatic N) is 2. The van der Waals surface area contributed by atoms with Crippen LogP contribution in [0.4, 0.5) is 10.5 Å². The number of imidazole rings is 1. The zero-order valence-electron chi connectivity index (χ0n) is 22.3. The molecule has 4 aliphatic carbocycles. The molecular formula is C32H36N4O3. The second kappa shape index (κ2) is 9.33. The highest BCUT2D eigenvalue weighted by molar-refractivity contribution is 5.90. The van der Waals surface area contributed by atoms with Gasteiger partial charge in [0.1, 0.15) is 5.78 Å². The first kappa shape index (κ1) is 24.6. The number of Topliss-reactive ketones (excluding diaryl/α,β-unsaturated/α-hetero) is 1. The summed E-state index contributed by atoms with van der Waals surface area (Å²) in [6.45, 7) is 1.58. The Bertz CT molecular complexity index is 1400. The number of benzene rings is 2. The average molecular weight is 525 g/mol. The summed E-state index contributed by atoms with van der Waals surface area (Å²) in [7, 11) is 0. The van der Waals surface area contributed by atoms with Gasteiger partial charge in [0, 0.05) is 23.2 Å². The van der Waals surface area contributed by atoms with Crippen molar-refractivity contribution in [2.45, 2.75) is 69.6 Å². The van der Waals surface area contributed by atoms with Gasteiger partial charge in [0.25, 0.3) is 0 Å². The van der Waals surface area contributed by atoms with E-state index < -0.39 is 0 Å². The predicted octanol–water partition coefficient (Wildman–Crippen LogP) is 5.35. The van der Waals surface area contributed by atoms with Crippen LogP contribution in [0.2, 0.25) is 0 Å². The molecule has 3 N–H and O–H groups in total. The summed E-state index contributed by atoms with van der Waals surface area (Å²) in [5.41, 5.74) is 5.12. The van der Waals surface area contributed by atoms with Crippen molar-refractivity contribution in [3.63, 3.8) is 0 Å². The summed E-state index contributed by atoms with van der Waals surface area (Å²) in [5, 5.41) is 18.1. The number of hydrogen-bond donors (Lipinski definition) is 3. The van der Waals surface area contributed by atoms with Crippen LogP contribution in [-0.2, 0) is 11.2 Å². The number of anilines is 1. The molecule has 2 heterocycles. The van der Waals surface area contributed by atoms with Crippen molar-refractivity contribution >= 4 is 17.5 Å². The lowest BCUT2D eigenvalue weighted by Crippen LogP contribution is -2.64. The number of amides is 2. The maximum absolute atomic E-state index is 13.1. The van der Waals surface area contributed by atoms with Crippen LogP contribution in [-0.4, -0.2) is 38.1 Å². The van der Waals surface area contributed by atoms with Crippen molar-refractivity contribution in [2.75, 3.05) is 5.32 Å². The quantitative estimate of drug-likeness (QED) is 0.388. The topological polar surface area (TPSA) is 96.2 Å². The zero-order chi connectivity index (χ0) is 26.7. The van der Waals surface area contributed by atoms with Gasteiger partial charge < -0.3 is 20.3 Å². The third-order valence-electron chi connectivity index (χ3n) is 9.90. The number of ketones is 1. The Morgan fingerprint density at radius 3 is 2.56 bits per heavy atom. The molecule has 1 aromatic heterocycles. The fraction of sp³-hybridized carbons (Fsp3) is 0.469. The molecule has 4 fully saturated rings. The maximum atomic E-state index is 13.1. The molecule has 4 unspecified atom stereocenters. The molecule has 1 aliphatic heterocycles. The van der Waals surface area contributed by atoms with E-state index in [4.69, 9.17) is 0 Å². The predicted molar refractivity (Wildman–Crippen MR) is 149 cm³/mol. The number of carbonyl (C=O) groups excluding carboxylic acids is 2. The average Bonchev–Trinajstić information content (AvgIpc) is 3.46. The summed E-state index contributed by atoms with van der Waals surface area (Å²) >= 11 is 0. The van der Waals surface area contributed by atoms with Gasteiger partial charge in [-0.15, -0.1) is 0 Å². The van der Waals surface area contributed by atoms with Crippen molar-refractivity contribution in [3.8, 4) is 11.3 Å². The van der Waals surface area contributed by atoms with Crippen LogP contribution in [0.5, 0.6) is 0 Å². The molecule has 8 rings (SSSR count). The molecule has 0 radical (unpaired) electrons. The van der Waals surface area contributed by atoms with Gasteiger partial charge in [-0.3, -0.25) is 4.79 Å². The standard InChI is InChI=1S/C32H36N4O3/c1-19(37)10-20-6-8-24(9-7-20)34-31(39)35-32-14-21-11-22(15-32)30(23(12-21)16-32)29(38)13-27-25-4-2-3-5-26(25)28-17-33-18-36(27)28/h2-9,17-18,21-23,27,29-30,38H,10-16H2,1H3,(H2,34,35,39). The Hall–Kier alpha value is -3.45. The molecule has 202 valence electrons. The summed E-state index contributed by atoms with van der Waals surface area (Å²) in [4.78, 5) is 28.8. The van der Waals surface area contributed by atoms with Crippen molar-refractivity contribution in [1.82, 2.24) is 14.9 Å². The Balaban J connectivity index is 1.03. The lowest BCUT2D eigenvalue weighted by molar-refractivity contribution is -0.116. The van der Waals surface area contributed by atoms with Crippen molar-refractivity contribution in [2.24, 2.45) is 23.7 Å². The molecule has 2 amide bonds. The Morgan fingerprint density at radius 2 is 1.82 bits per heavy atom. The van der Waals surface area contributed by atoms with Gasteiger partial charge in [0.05, 0.1) is 30.4 Å². The molecule has 39 heavy (non-hydrogen) atoms. The van der Waals surface area contributed by atoms with Gasteiger partial charge in [-0.05, 0) is 92.4 Å². The van der Waals surface area contributed by atoms with Gasteiger partial charge in [0.2, 0.25) is 0 Å². The SMILES string of the molecule is CC(=O)Cc1ccc(NC(=O)NC23CC4CC(C2)C(C(O)CC2c5ccccc5-c5cncn52)C(C4)C3)cc1. The molecule has 4 saturated carbocycles. The van der Waals surface area contributed by atoms with E-state index in [0.717, 1.165) is 49.0 Å². The van der Waals surface area contributed by atoms with Crippen molar-refractivity contribution in [3.05, 3.63) is 72.2 Å². The van der Waals surface area contributed by atoms with Crippen LogP contribution in [0, 0.1) is 23.7 Å². The van der Waals surface area contributed by atoms with E-state index in [0.29, 0.717) is 30.6 Å². The number of hydrogen-bond acceptors (Lipinski definition) is 4. The fourth-order valence-corrected chi connectivity index (χ4v) is 8.80. The molecule has 4 atom stereocenters. The normalized spacial score (nSPS) is 30.5. The molecular weight excluding hydrogens is 488 g/mol. The van der Waals surface area contributed by atoms with E-state index in [1.165, 1.54) is 11.1 Å². The van der Waals surface area contributed by atoms with E-state index in [2.05, 4.69) is 44.5 Å². The Morgan fingerprint density at radius 1 is 1.08 bits per heavy atom. The molecule has 5 aliphatic rings. The highest BCUT2D eigenvalue weighted by Gasteiger charge is 2.57. The Kier molecular flexibility index (Phi) is 5.88. The lowest BCUT2D eigenvalue weighted by atomic mass is 9.48. The summed E-state index contributed by atoms with van der Waals surface area (Å²) in [5.74, 6) is 1.86. The summed E-state index contributed by atoms with van der Waals surface area (Å²) in [6, 6.07) is 15.9. The number of aliphatic hydroxyl groups excluding tert-OH is 1. The first-order chi connectivity index (χ1) is 18.9. The van der Waals surface area contributed by atoms with E-state index in [1.54, 1.807) is 6.92 Å². The molecule has 4 bridgehead atoms. The van der Waals surface area contributed by atoms with E-state index in [9.17, 15) is 14.7 Å². The van der Waals surface area contributed by atoms with Crippen LogP contribution >= 0.6 is 0 Å². The second-order valence-electron chi connectivity index (χ2n) is 12.6. The van der Waals surface area contributed by atoms with Crippen LogP contribution in [0.15, 0.2) is 61.1 Å². The number of nitrogens with one attached hydrogen (secondary N) is 2. The summed E-state index contributed by atoms with van der Waals surface area (Å²) in [6.07, 6.45) is 9.75. The number of carbonyl (C=O) groups is 2. The minimum atomic E-state index is -0.384. The minimum Gasteiger partial charge on any atom is -0.393 e. The molecule has 0 spiro atoms. The maximum Gasteiger partial charge on any atom is 0.319 e. The largest absolute Gasteiger partial charge is 0.393 e. The van der Waals surface area contributed by atoms with Gasteiger partial charge in [-0.2, -0.15) is 0 Å². The molecule has 3 aromatic rings. The number of rotatable bonds is 7. The van der Waals surface area contributed by atoms with Gasteiger partial charge >= 0.3 is 6.03 Å². The third-order valence-corrected chi connectivity index (χ3v) is 9.90. The monoisotopic (exact) mass is 524 g/mol. The fourth-order valence-electron chi connectivity index (χ4n) is 8.80. The van der Waals surface area contributed by atoms with E-state index in [1.807, 2.05) is 36.8 Å². The molecule has 0 saturated heterocycles. The van der Waals surface area contributed by atoms with Crippen LogP contribution in [0.3, 0.4) is 0 Å². The molecule has 2 aromatic carbocycles. The minimum absolute atomic E-state index is 0.116. The Labute approximate surface area is 229 Å². The highest BCUT2D eigenvalue weighted by Crippen LogP contribution is 2.60. The van der Waals surface area contributed by atoms with E-state index in [-0.39, 0.29) is 35.4 Å². The summed E-state index contributed by atoms with van der Waals surface area (Å²) < 4.78 is 2.23. The molecule has 7 nitrogen and oxygen atoms in total. The number of aliphatic hydroxyl groups is 1. The van der Waals surface area contributed by atoms with Crippen LogP contribution in [0.1, 0.15) is 62.6 Å². The van der Waals surface area contributed by atoms with Gasteiger partial charge in [-0.25, -0.2) is 9.78 Å². The second-order valence-corrected chi connectivity index (χ2v) is 12.6. The highest BCUT2D eigenvalue weighted by atomic mass is 16.3. The van der Waals surface area contributed by atoms with E-state index >= 15 is 0 Å². The van der Waals surface area contributed by atoms with Gasteiger partial charge in [0.15, 0.2) is 0 Å². The smallest absolute Gasteiger partial charge is 0.319 e. The number of aromatic nitrogens is 2. The van der Waals surface area contributed by atoms with Crippen LogP contribution < -0.4 is 10.6 Å². The zero-order valence-corrected chi connectivity index (χ0v) is 22.3.